The molecule has 2 aromatic carbocycles. The van der Waals surface area contributed by atoms with Gasteiger partial charge in [0, 0.05) is 5.54 Å². The van der Waals surface area contributed by atoms with E-state index in [1.807, 2.05) is 57.2 Å². The molecule has 2 aromatic rings. The van der Waals surface area contributed by atoms with Gasteiger partial charge in [0.15, 0.2) is 9.84 Å². The van der Waals surface area contributed by atoms with Crippen LogP contribution in [0.2, 0.25) is 0 Å². The lowest BCUT2D eigenvalue weighted by Gasteiger charge is -2.38. The summed E-state index contributed by atoms with van der Waals surface area (Å²) in [5.41, 5.74) is 2.77. The maximum atomic E-state index is 13.1. The maximum absolute atomic E-state index is 13.1. The fraction of sp³-hybridized carbons (Fsp3) is 0.333. The first-order valence-electron chi connectivity index (χ1n) is 7.46. The van der Waals surface area contributed by atoms with Gasteiger partial charge >= 0.3 is 0 Å². The Bertz CT molecular complexity index is 792. The molecule has 0 amide bonds. The molecule has 0 aliphatic carbocycles. The number of hydrogen-bond donors (Lipinski definition) is 1. The zero-order valence-electron chi connectivity index (χ0n) is 13.1. The third-order valence-electron chi connectivity index (χ3n) is 4.15. The van der Waals surface area contributed by atoms with E-state index in [0.717, 1.165) is 23.1 Å². The molecule has 1 unspecified atom stereocenters. The topological polar surface area (TPSA) is 46.2 Å². The van der Waals surface area contributed by atoms with E-state index in [1.165, 1.54) is 0 Å². The van der Waals surface area contributed by atoms with E-state index >= 15 is 0 Å². The van der Waals surface area contributed by atoms with Crippen molar-refractivity contribution < 1.29 is 8.42 Å². The van der Waals surface area contributed by atoms with Crippen LogP contribution in [0.25, 0.3) is 0 Å². The van der Waals surface area contributed by atoms with E-state index in [0.29, 0.717) is 4.90 Å². The van der Waals surface area contributed by atoms with E-state index < -0.39 is 15.2 Å². The van der Waals surface area contributed by atoms with Gasteiger partial charge in [-0.25, -0.2) is 8.42 Å². The second kappa shape index (κ2) is 5.21. The number of nitrogens with one attached hydrogen (secondary N) is 1. The molecule has 0 fully saturated rings. The number of rotatable bonds is 2. The van der Waals surface area contributed by atoms with Crippen molar-refractivity contribution in [2.24, 2.45) is 0 Å². The SMILES string of the molecule is Cc1ccc(S(=O)(=O)C2NC(C)(C)Cc3ccccc32)cc1. The Hall–Kier alpha value is -1.65. The highest BCUT2D eigenvalue weighted by Crippen LogP contribution is 2.36. The van der Waals surface area contributed by atoms with Gasteiger partial charge < -0.3 is 0 Å². The Morgan fingerprint density at radius 3 is 2.36 bits per heavy atom. The number of aryl methyl sites for hydroxylation is 1. The number of hydrogen-bond acceptors (Lipinski definition) is 3. The zero-order chi connectivity index (χ0) is 16.0. The third kappa shape index (κ3) is 2.69. The Morgan fingerprint density at radius 2 is 1.68 bits per heavy atom. The van der Waals surface area contributed by atoms with Crippen LogP contribution in [0.3, 0.4) is 0 Å². The Morgan fingerprint density at radius 1 is 1.05 bits per heavy atom. The molecule has 1 aliphatic rings. The van der Waals surface area contributed by atoms with Gasteiger partial charge in [-0.3, -0.25) is 5.32 Å². The molecule has 0 saturated carbocycles. The summed E-state index contributed by atoms with van der Waals surface area (Å²) in [5.74, 6) is 0. The van der Waals surface area contributed by atoms with Crippen molar-refractivity contribution in [3.63, 3.8) is 0 Å². The molecule has 1 N–H and O–H groups in total. The molecule has 116 valence electrons. The minimum Gasteiger partial charge on any atom is -0.292 e. The molecule has 1 aliphatic heterocycles. The number of sulfone groups is 1. The second-order valence-corrected chi connectivity index (χ2v) is 8.67. The minimum atomic E-state index is -3.47. The monoisotopic (exact) mass is 315 g/mol. The first-order chi connectivity index (χ1) is 10.3. The lowest BCUT2D eigenvalue weighted by Crippen LogP contribution is -2.49. The second-order valence-electron chi connectivity index (χ2n) is 6.64. The van der Waals surface area contributed by atoms with Gasteiger partial charge in [-0.2, -0.15) is 0 Å². The standard InChI is InChI=1S/C18H21NO2S/c1-13-8-10-15(11-9-13)22(20,21)17-16-7-5-4-6-14(16)12-18(2,3)19-17/h4-11,17,19H,12H2,1-3H3. The predicted octanol–water partition coefficient (Wildman–Crippen LogP) is 3.39. The molecule has 22 heavy (non-hydrogen) atoms. The van der Waals surface area contributed by atoms with Crippen LogP contribution >= 0.6 is 0 Å². The van der Waals surface area contributed by atoms with E-state index in [-0.39, 0.29) is 5.54 Å². The van der Waals surface area contributed by atoms with Gasteiger partial charge in [0.1, 0.15) is 5.37 Å². The summed E-state index contributed by atoms with van der Waals surface area (Å²) < 4.78 is 26.2. The van der Waals surface area contributed by atoms with Crippen LogP contribution in [-0.2, 0) is 16.3 Å². The van der Waals surface area contributed by atoms with Crippen LogP contribution in [0.4, 0.5) is 0 Å². The van der Waals surface area contributed by atoms with Gasteiger partial charge in [-0.15, -0.1) is 0 Å². The summed E-state index contributed by atoms with van der Waals surface area (Å²) in [4.78, 5) is 0.364. The smallest absolute Gasteiger partial charge is 0.198 e. The van der Waals surface area contributed by atoms with E-state index in [1.54, 1.807) is 12.1 Å². The third-order valence-corrected chi connectivity index (χ3v) is 6.07. The van der Waals surface area contributed by atoms with Crippen LogP contribution in [-0.4, -0.2) is 14.0 Å². The highest BCUT2D eigenvalue weighted by Gasteiger charge is 2.39. The molecule has 3 rings (SSSR count). The van der Waals surface area contributed by atoms with Crippen molar-refractivity contribution in [1.29, 1.82) is 0 Å². The molecule has 0 spiro atoms. The van der Waals surface area contributed by atoms with Crippen LogP contribution in [0, 0.1) is 6.92 Å². The average Bonchev–Trinajstić information content (AvgIpc) is 2.46. The molecular weight excluding hydrogens is 294 g/mol. The molecule has 1 heterocycles. The summed E-state index contributed by atoms with van der Waals surface area (Å²) in [7, 11) is -3.47. The van der Waals surface area contributed by atoms with Crippen LogP contribution in [0.1, 0.15) is 35.9 Å². The van der Waals surface area contributed by atoms with Gasteiger partial charge in [-0.05, 0) is 50.5 Å². The van der Waals surface area contributed by atoms with Gasteiger partial charge in [-0.1, -0.05) is 42.0 Å². The van der Waals surface area contributed by atoms with Crippen molar-refractivity contribution >= 4 is 9.84 Å². The van der Waals surface area contributed by atoms with Crippen molar-refractivity contribution in [2.45, 2.75) is 43.0 Å². The first kappa shape index (κ1) is 15.3. The van der Waals surface area contributed by atoms with Crippen molar-refractivity contribution in [2.75, 3.05) is 0 Å². The Kier molecular flexibility index (Phi) is 3.62. The van der Waals surface area contributed by atoms with Crippen molar-refractivity contribution in [3.8, 4) is 0 Å². The molecular formula is C18H21NO2S. The Labute approximate surface area is 132 Å². The molecule has 0 aromatic heterocycles. The minimum absolute atomic E-state index is 0.253. The molecule has 4 heteroatoms. The summed E-state index contributed by atoms with van der Waals surface area (Å²) in [6.07, 6.45) is 0.823. The normalized spacial score (nSPS) is 20.4. The van der Waals surface area contributed by atoms with Crippen LogP contribution < -0.4 is 5.32 Å². The fourth-order valence-corrected chi connectivity index (χ4v) is 4.85. The fourth-order valence-electron chi connectivity index (χ4n) is 3.02. The van der Waals surface area contributed by atoms with E-state index in [9.17, 15) is 8.42 Å². The molecule has 3 nitrogen and oxygen atoms in total. The zero-order valence-corrected chi connectivity index (χ0v) is 13.9. The average molecular weight is 315 g/mol. The van der Waals surface area contributed by atoms with Crippen molar-refractivity contribution in [3.05, 3.63) is 65.2 Å². The van der Waals surface area contributed by atoms with E-state index in [4.69, 9.17) is 0 Å². The highest BCUT2D eigenvalue weighted by atomic mass is 32.2. The quantitative estimate of drug-likeness (QED) is 0.924. The predicted molar refractivity (Wildman–Crippen MR) is 88.5 cm³/mol. The number of benzene rings is 2. The van der Waals surface area contributed by atoms with Gasteiger partial charge in [0.25, 0.3) is 0 Å². The van der Waals surface area contributed by atoms with Crippen molar-refractivity contribution in [1.82, 2.24) is 5.32 Å². The molecule has 0 saturated heterocycles. The van der Waals surface area contributed by atoms with Crippen LogP contribution in [0.15, 0.2) is 53.4 Å². The lowest BCUT2D eigenvalue weighted by atomic mass is 9.88. The molecule has 0 bridgehead atoms. The van der Waals surface area contributed by atoms with Gasteiger partial charge in [0.05, 0.1) is 4.90 Å². The maximum Gasteiger partial charge on any atom is 0.198 e. The molecule has 0 radical (unpaired) electrons. The van der Waals surface area contributed by atoms with E-state index in [2.05, 4.69) is 5.32 Å². The lowest BCUT2D eigenvalue weighted by molar-refractivity contribution is 0.348. The summed E-state index contributed by atoms with van der Waals surface area (Å²) >= 11 is 0. The first-order valence-corrected chi connectivity index (χ1v) is 9.00. The van der Waals surface area contributed by atoms with Gasteiger partial charge in [0.2, 0.25) is 0 Å². The Balaban J connectivity index is 2.12. The number of fused-ring (bicyclic) bond motifs is 1. The highest BCUT2D eigenvalue weighted by molar-refractivity contribution is 7.91. The summed E-state index contributed by atoms with van der Waals surface area (Å²) in [6, 6.07) is 14.9. The van der Waals surface area contributed by atoms with Crippen LogP contribution in [0.5, 0.6) is 0 Å². The largest absolute Gasteiger partial charge is 0.292 e. The summed E-state index contributed by atoms with van der Waals surface area (Å²) in [6.45, 7) is 6.04. The summed E-state index contributed by atoms with van der Waals surface area (Å²) in [5, 5.41) is 2.62. The molecule has 1 atom stereocenters.